The van der Waals surface area contributed by atoms with Gasteiger partial charge in [-0.15, -0.1) is 0 Å². The molecule has 0 radical (unpaired) electrons. The van der Waals surface area contributed by atoms with Gasteiger partial charge in [-0.05, 0) is 35.7 Å². The van der Waals surface area contributed by atoms with E-state index in [0.29, 0.717) is 35.3 Å². The van der Waals surface area contributed by atoms with Crippen molar-refractivity contribution in [3.8, 4) is 11.5 Å². The Labute approximate surface area is 136 Å². The number of hydrogen-bond donors (Lipinski definition) is 0. The fraction of sp³-hybridized carbons (Fsp3) is 0.250. The van der Waals surface area contributed by atoms with Gasteiger partial charge in [0.2, 0.25) is 0 Å². The molecular weight excluding hydrogens is 359 g/mol. The summed E-state index contributed by atoms with van der Waals surface area (Å²) >= 11 is 9.90. The maximum atomic E-state index is 13.7. The van der Waals surface area contributed by atoms with Crippen LogP contribution >= 0.6 is 27.5 Å². The number of benzene rings is 2. The first-order valence-electron chi connectivity index (χ1n) is 6.55. The summed E-state index contributed by atoms with van der Waals surface area (Å²) in [6.07, 6.45) is 0. The van der Waals surface area contributed by atoms with Crippen molar-refractivity contribution in [2.75, 3.05) is 13.2 Å². The molecule has 1 heterocycles. The third kappa shape index (κ3) is 2.87. The lowest BCUT2D eigenvalue weighted by Gasteiger charge is -2.21. The molecule has 0 saturated carbocycles. The van der Waals surface area contributed by atoms with Gasteiger partial charge in [-0.3, -0.25) is 0 Å². The molecule has 0 aromatic heterocycles. The molecule has 0 N–H and O–H groups in total. The predicted molar refractivity (Wildman–Crippen MR) is 84.3 cm³/mol. The third-order valence-electron chi connectivity index (χ3n) is 3.42. The smallest absolute Gasteiger partial charge is 0.162 e. The molecule has 0 aliphatic carbocycles. The molecule has 3 rings (SSSR count). The van der Waals surface area contributed by atoms with Crippen LogP contribution in [0.3, 0.4) is 0 Å². The number of aryl methyl sites for hydroxylation is 1. The fourth-order valence-corrected chi connectivity index (χ4v) is 3.28. The largest absolute Gasteiger partial charge is 0.486 e. The second kappa shape index (κ2) is 5.85. The van der Waals surface area contributed by atoms with Gasteiger partial charge in [0.25, 0.3) is 0 Å². The van der Waals surface area contributed by atoms with Gasteiger partial charge in [0.1, 0.15) is 19.0 Å². The second-order valence-corrected chi connectivity index (χ2v) is 6.21. The summed E-state index contributed by atoms with van der Waals surface area (Å²) in [5, 5.41) is 0.558. The summed E-state index contributed by atoms with van der Waals surface area (Å²) in [6.45, 7) is 2.77. The minimum Gasteiger partial charge on any atom is -0.486 e. The Balaban J connectivity index is 2.00. The van der Waals surface area contributed by atoms with E-state index < -0.39 is 0 Å². The molecule has 110 valence electrons. The SMILES string of the molecule is Cc1ccc(C(Br)c2cc3c(cc2Cl)OCCO3)cc1F. The zero-order chi connectivity index (χ0) is 15.0. The first-order chi connectivity index (χ1) is 10.1. The fourth-order valence-electron chi connectivity index (χ4n) is 2.22. The minimum absolute atomic E-state index is 0.212. The molecule has 0 amide bonds. The van der Waals surface area contributed by atoms with E-state index >= 15 is 0 Å². The maximum Gasteiger partial charge on any atom is 0.162 e. The van der Waals surface area contributed by atoms with Gasteiger partial charge in [-0.25, -0.2) is 4.39 Å². The molecule has 5 heteroatoms. The number of alkyl halides is 1. The summed E-state index contributed by atoms with van der Waals surface area (Å²) in [5.41, 5.74) is 2.24. The topological polar surface area (TPSA) is 18.5 Å². The Morgan fingerprint density at radius 3 is 2.48 bits per heavy atom. The lowest BCUT2D eigenvalue weighted by Crippen LogP contribution is -2.15. The van der Waals surface area contributed by atoms with Gasteiger partial charge < -0.3 is 9.47 Å². The molecule has 0 spiro atoms. The van der Waals surface area contributed by atoms with E-state index in [0.717, 1.165) is 11.1 Å². The maximum absolute atomic E-state index is 13.7. The van der Waals surface area contributed by atoms with Crippen molar-refractivity contribution in [2.45, 2.75) is 11.8 Å². The molecule has 1 atom stereocenters. The summed E-state index contributed by atoms with van der Waals surface area (Å²) in [6, 6.07) is 8.73. The third-order valence-corrected chi connectivity index (χ3v) is 4.77. The summed E-state index contributed by atoms with van der Waals surface area (Å²) < 4.78 is 24.8. The van der Waals surface area contributed by atoms with Crippen LogP contribution in [0.2, 0.25) is 5.02 Å². The Morgan fingerprint density at radius 2 is 1.81 bits per heavy atom. The van der Waals surface area contributed by atoms with E-state index in [1.165, 1.54) is 6.07 Å². The first-order valence-corrected chi connectivity index (χ1v) is 7.85. The summed E-state index contributed by atoms with van der Waals surface area (Å²) in [7, 11) is 0. The van der Waals surface area contributed by atoms with Gasteiger partial charge in [-0.2, -0.15) is 0 Å². The van der Waals surface area contributed by atoms with Crippen LogP contribution in [0.25, 0.3) is 0 Å². The minimum atomic E-state index is -0.231. The van der Waals surface area contributed by atoms with Crippen LogP contribution in [0.15, 0.2) is 30.3 Å². The van der Waals surface area contributed by atoms with E-state index in [4.69, 9.17) is 21.1 Å². The van der Waals surface area contributed by atoms with Crippen molar-refractivity contribution in [1.82, 2.24) is 0 Å². The average Bonchev–Trinajstić information content (AvgIpc) is 2.48. The van der Waals surface area contributed by atoms with Crippen LogP contribution in [-0.2, 0) is 0 Å². The van der Waals surface area contributed by atoms with E-state index in [-0.39, 0.29) is 10.6 Å². The van der Waals surface area contributed by atoms with Crippen molar-refractivity contribution in [3.05, 3.63) is 57.9 Å². The highest BCUT2D eigenvalue weighted by Crippen LogP contribution is 2.42. The predicted octanol–water partition coefficient (Wildman–Crippen LogP) is 5.04. The van der Waals surface area contributed by atoms with Crippen LogP contribution in [0, 0.1) is 12.7 Å². The summed E-state index contributed by atoms with van der Waals surface area (Å²) in [5.74, 6) is 1.08. The van der Waals surface area contributed by atoms with Crippen molar-refractivity contribution in [3.63, 3.8) is 0 Å². The molecule has 21 heavy (non-hydrogen) atoms. The molecule has 2 aromatic rings. The quantitative estimate of drug-likeness (QED) is 0.688. The summed E-state index contributed by atoms with van der Waals surface area (Å²) in [4.78, 5) is -0.212. The van der Waals surface area contributed by atoms with Gasteiger partial charge in [0.15, 0.2) is 11.5 Å². The lowest BCUT2D eigenvalue weighted by molar-refractivity contribution is 0.171. The first kappa shape index (κ1) is 14.7. The Bertz CT molecular complexity index is 690. The van der Waals surface area contributed by atoms with Gasteiger partial charge >= 0.3 is 0 Å². The highest BCUT2D eigenvalue weighted by Gasteiger charge is 2.20. The Hall–Kier alpha value is -1.26. The van der Waals surface area contributed by atoms with Crippen molar-refractivity contribution < 1.29 is 13.9 Å². The van der Waals surface area contributed by atoms with Crippen LogP contribution in [0.5, 0.6) is 11.5 Å². The number of rotatable bonds is 2. The molecule has 1 aliphatic heterocycles. The molecular formula is C16H13BrClFO2. The molecule has 0 bridgehead atoms. The molecule has 1 aliphatic rings. The lowest BCUT2D eigenvalue weighted by atomic mass is 10.0. The molecule has 1 unspecified atom stereocenters. The van der Waals surface area contributed by atoms with Crippen LogP contribution < -0.4 is 9.47 Å². The van der Waals surface area contributed by atoms with Crippen LogP contribution in [0.1, 0.15) is 21.5 Å². The van der Waals surface area contributed by atoms with E-state index in [1.807, 2.05) is 12.1 Å². The Kier molecular flexibility index (Phi) is 4.09. The highest BCUT2D eigenvalue weighted by atomic mass is 79.9. The van der Waals surface area contributed by atoms with Crippen LogP contribution in [-0.4, -0.2) is 13.2 Å². The molecule has 0 saturated heterocycles. The van der Waals surface area contributed by atoms with Gasteiger partial charge in [0.05, 0.1) is 4.83 Å². The average molecular weight is 372 g/mol. The van der Waals surface area contributed by atoms with E-state index in [2.05, 4.69) is 15.9 Å². The number of halogens is 3. The number of fused-ring (bicyclic) bond motifs is 1. The van der Waals surface area contributed by atoms with Gasteiger partial charge in [-0.1, -0.05) is 39.7 Å². The van der Waals surface area contributed by atoms with Gasteiger partial charge in [0, 0.05) is 11.1 Å². The van der Waals surface area contributed by atoms with Crippen molar-refractivity contribution in [2.24, 2.45) is 0 Å². The zero-order valence-electron chi connectivity index (χ0n) is 11.3. The highest BCUT2D eigenvalue weighted by molar-refractivity contribution is 9.09. The van der Waals surface area contributed by atoms with Crippen LogP contribution in [0.4, 0.5) is 4.39 Å². The Morgan fingerprint density at radius 1 is 1.14 bits per heavy atom. The molecule has 0 fully saturated rings. The zero-order valence-corrected chi connectivity index (χ0v) is 13.7. The van der Waals surface area contributed by atoms with E-state index in [9.17, 15) is 4.39 Å². The van der Waals surface area contributed by atoms with Crippen molar-refractivity contribution >= 4 is 27.5 Å². The van der Waals surface area contributed by atoms with Crippen molar-refractivity contribution in [1.29, 1.82) is 0 Å². The second-order valence-electron chi connectivity index (χ2n) is 4.89. The molecule has 2 aromatic carbocycles. The standard InChI is InChI=1S/C16H13BrClFO2/c1-9-2-3-10(6-13(9)19)16(17)11-7-14-15(8-12(11)18)21-5-4-20-14/h2-3,6-8,16H,4-5H2,1H3. The number of hydrogen-bond acceptors (Lipinski definition) is 2. The molecule has 2 nitrogen and oxygen atoms in total. The normalized spacial score (nSPS) is 14.9. The number of ether oxygens (including phenoxy) is 2. The monoisotopic (exact) mass is 370 g/mol. The van der Waals surface area contributed by atoms with E-state index in [1.54, 1.807) is 19.1 Å².